The second kappa shape index (κ2) is 6.49. The minimum absolute atomic E-state index is 0.352. The van der Waals surface area contributed by atoms with Crippen LogP contribution in [0.15, 0.2) is 47.3 Å². The second-order valence-electron chi connectivity index (χ2n) is 4.42. The zero-order valence-corrected chi connectivity index (χ0v) is 11.6. The van der Waals surface area contributed by atoms with Crippen LogP contribution in [0.2, 0.25) is 0 Å². The topological polar surface area (TPSA) is 102 Å². The van der Waals surface area contributed by atoms with Crippen LogP contribution in [0.3, 0.4) is 0 Å². The first-order valence-corrected chi connectivity index (χ1v) is 6.30. The number of aromatic amines is 1. The summed E-state index contributed by atoms with van der Waals surface area (Å²) in [5.74, 6) is -1.19. The minimum atomic E-state index is -0.917. The Labute approximate surface area is 125 Å². The third kappa shape index (κ3) is 3.66. The Morgan fingerprint density at radius 2 is 2.00 bits per heavy atom. The quantitative estimate of drug-likeness (QED) is 0.403. The first kappa shape index (κ1) is 15.2. The summed E-state index contributed by atoms with van der Waals surface area (Å²) in [4.78, 5) is 35.6. The number of aromatic nitrogens is 1. The summed E-state index contributed by atoms with van der Waals surface area (Å²) in [6, 6.07) is 10.2. The van der Waals surface area contributed by atoms with Gasteiger partial charge in [0.2, 0.25) is 5.75 Å². The van der Waals surface area contributed by atoms with E-state index in [-0.39, 0.29) is 5.75 Å². The van der Waals surface area contributed by atoms with Gasteiger partial charge in [-0.15, -0.1) is 0 Å². The third-order valence-electron chi connectivity index (χ3n) is 2.71. The van der Waals surface area contributed by atoms with Crippen molar-refractivity contribution in [1.82, 2.24) is 4.98 Å². The molecule has 0 aliphatic heterocycles. The Balaban J connectivity index is 2.24. The maximum atomic E-state index is 11.7. The van der Waals surface area contributed by atoms with Gasteiger partial charge in [0.05, 0.1) is 4.92 Å². The number of benzene rings is 1. The van der Waals surface area contributed by atoms with Crippen molar-refractivity contribution in [3.05, 3.63) is 74.2 Å². The number of hydrogen-bond acceptors (Lipinski definition) is 5. The van der Waals surface area contributed by atoms with Gasteiger partial charge in [-0.3, -0.25) is 14.9 Å². The Kier molecular flexibility index (Phi) is 4.47. The number of ether oxygens (including phenoxy) is 1. The summed E-state index contributed by atoms with van der Waals surface area (Å²) in [6.07, 6.45) is 2.64. The number of carbonyl (C=O) groups excluding carboxylic acids is 1. The van der Waals surface area contributed by atoms with E-state index in [1.165, 1.54) is 19.1 Å². The normalized spacial score (nSPS) is 10.6. The van der Waals surface area contributed by atoms with Gasteiger partial charge in [-0.25, -0.2) is 4.79 Å². The average molecular weight is 300 g/mol. The number of hydrogen-bond donors (Lipinski definition) is 1. The third-order valence-corrected chi connectivity index (χ3v) is 2.71. The van der Waals surface area contributed by atoms with Crippen molar-refractivity contribution >= 4 is 17.7 Å². The first-order chi connectivity index (χ1) is 10.5. The molecule has 1 heterocycles. The first-order valence-electron chi connectivity index (χ1n) is 6.30. The molecular weight excluding hydrogens is 288 g/mol. The SMILES string of the molecule is Cc1cc(OC(=O)/C=C/c2ccccc2)c([N+](=O)[O-])c(=O)[nH]1. The van der Waals surface area contributed by atoms with Crippen LogP contribution in [0.5, 0.6) is 5.75 Å². The zero-order chi connectivity index (χ0) is 16.1. The van der Waals surface area contributed by atoms with E-state index in [4.69, 9.17) is 4.74 Å². The van der Waals surface area contributed by atoms with E-state index < -0.39 is 22.1 Å². The molecule has 1 aromatic heterocycles. The molecule has 0 saturated carbocycles. The zero-order valence-electron chi connectivity index (χ0n) is 11.6. The number of nitrogens with one attached hydrogen (secondary N) is 1. The highest BCUT2D eigenvalue weighted by Gasteiger charge is 2.22. The highest BCUT2D eigenvalue weighted by molar-refractivity contribution is 5.89. The maximum Gasteiger partial charge on any atom is 0.376 e. The molecule has 0 spiro atoms. The number of aryl methyl sites for hydroxylation is 1. The molecule has 22 heavy (non-hydrogen) atoms. The summed E-state index contributed by atoms with van der Waals surface area (Å²) in [5.41, 5.74) is -0.589. The van der Waals surface area contributed by atoms with E-state index in [1.54, 1.807) is 24.3 Å². The van der Waals surface area contributed by atoms with E-state index in [1.807, 2.05) is 6.07 Å². The van der Waals surface area contributed by atoms with E-state index in [2.05, 4.69) is 4.98 Å². The van der Waals surface area contributed by atoms with Gasteiger partial charge < -0.3 is 9.72 Å². The van der Waals surface area contributed by atoms with Gasteiger partial charge in [-0.05, 0) is 18.6 Å². The van der Waals surface area contributed by atoms with Gasteiger partial charge >= 0.3 is 17.2 Å². The van der Waals surface area contributed by atoms with Gasteiger partial charge in [-0.2, -0.15) is 0 Å². The summed E-state index contributed by atoms with van der Waals surface area (Å²) in [6.45, 7) is 1.53. The molecule has 0 amide bonds. The number of pyridine rings is 1. The lowest BCUT2D eigenvalue weighted by molar-refractivity contribution is -0.387. The van der Waals surface area contributed by atoms with Gasteiger partial charge in [0, 0.05) is 17.8 Å². The predicted molar refractivity (Wildman–Crippen MR) is 79.6 cm³/mol. The monoisotopic (exact) mass is 300 g/mol. The lowest BCUT2D eigenvalue weighted by atomic mass is 10.2. The molecule has 0 atom stereocenters. The fourth-order valence-electron chi connectivity index (χ4n) is 1.77. The maximum absolute atomic E-state index is 11.7. The van der Waals surface area contributed by atoms with Gasteiger partial charge in [0.15, 0.2) is 0 Å². The van der Waals surface area contributed by atoms with Gasteiger partial charge in [-0.1, -0.05) is 30.3 Å². The van der Waals surface area contributed by atoms with E-state index in [9.17, 15) is 19.7 Å². The minimum Gasteiger partial charge on any atom is -0.416 e. The summed E-state index contributed by atoms with van der Waals surface area (Å²) in [5, 5.41) is 10.9. The Bertz CT molecular complexity index is 793. The highest BCUT2D eigenvalue weighted by atomic mass is 16.6. The van der Waals surface area contributed by atoms with E-state index in [0.29, 0.717) is 5.69 Å². The fraction of sp³-hybridized carbons (Fsp3) is 0.0667. The van der Waals surface area contributed by atoms with E-state index >= 15 is 0 Å². The van der Waals surface area contributed by atoms with Crippen molar-refractivity contribution in [1.29, 1.82) is 0 Å². The van der Waals surface area contributed by atoms with Crippen LogP contribution in [0, 0.1) is 17.0 Å². The molecule has 1 aromatic carbocycles. The van der Waals surface area contributed by atoms with Crippen LogP contribution in [-0.4, -0.2) is 15.9 Å². The second-order valence-corrected chi connectivity index (χ2v) is 4.42. The molecule has 0 aliphatic carbocycles. The van der Waals surface area contributed by atoms with Crippen molar-refractivity contribution in [3.8, 4) is 5.75 Å². The molecule has 0 unspecified atom stereocenters. The lowest BCUT2D eigenvalue weighted by Crippen LogP contribution is -2.16. The number of esters is 1. The van der Waals surface area contributed by atoms with Crippen molar-refractivity contribution in [3.63, 3.8) is 0 Å². The highest BCUT2D eigenvalue weighted by Crippen LogP contribution is 2.22. The molecule has 7 heteroatoms. The number of carbonyl (C=O) groups is 1. The molecular formula is C15H12N2O5. The molecule has 112 valence electrons. The predicted octanol–water partition coefficient (Wildman–Crippen LogP) is 2.21. The molecule has 0 radical (unpaired) electrons. The molecule has 0 saturated heterocycles. The molecule has 0 fully saturated rings. The largest absolute Gasteiger partial charge is 0.416 e. The van der Waals surface area contributed by atoms with Crippen LogP contribution in [0.25, 0.3) is 6.08 Å². The van der Waals surface area contributed by atoms with Crippen molar-refractivity contribution in [2.75, 3.05) is 0 Å². The van der Waals surface area contributed by atoms with Gasteiger partial charge in [0.25, 0.3) is 0 Å². The Morgan fingerprint density at radius 3 is 2.64 bits per heavy atom. The molecule has 1 N–H and O–H groups in total. The van der Waals surface area contributed by atoms with Crippen LogP contribution in [-0.2, 0) is 4.79 Å². The molecule has 0 bridgehead atoms. The lowest BCUT2D eigenvalue weighted by Gasteiger charge is -2.03. The van der Waals surface area contributed by atoms with Crippen LogP contribution in [0.4, 0.5) is 5.69 Å². The number of H-pyrrole nitrogens is 1. The van der Waals surface area contributed by atoms with E-state index in [0.717, 1.165) is 11.6 Å². The summed E-state index contributed by atoms with van der Waals surface area (Å²) < 4.78 is 4.90. The number of nitrogens with zero attached hydrogens (tertiary/aromatic N) is 1. The Hall–Kier alpha value is -3.22. The molecule has 7 nitrogen and oxygen atoms in total. The summed E-state index contributed by atoms with van der Waals surface area (Å²) >= 11 is 0. The molecule has 2 rings (SSSR count). The average Bonchev–Trinajstić information content (AvgIpc) is 2.45. The fourth-order valence-corrected chi connectivity index (χ4v) is 1.77. The van der Waals surface area contributed by atoms with Crippen LogP contribution in [0.1, 0.15) is 11.3 Å². The van der Waals surface area contributed by atoms with Gasteiger partial charge in [0.1, 0.15) is 0 Å². The number of nitro groups is 1. The standard InChI is InChI=1S/C15H12N2O5/c1-10-9-12(14(17(20)21)15(19)16-10)22-13(18)8-7-11-5-3-2-4-6-11/h2-9H,1H3,(H,16,19)/b8-7+. The number of rotatable bonds is 4. The molecule has 2 aromatic rings. The molecule has 0 aliphatic rings. The van der Waals surface area contributed by atoms with Crippen molar-refractivity contribution < 1.29 is 14.5 Å². The Morgan fingerprint density at radius 1 is 1.32 bits per heavy atom. The smallest absolute Gasteiger partial charge is 0.376 e. The van der Waals surface area contributed by atoms with Crippen LogP contribution >= 0.6 is 0 Å². The van der Waals surface area contributed by atoms with Crippen molar-refractivity contribution in [2.24, 2.45) is 0 Å². The van der Waals surface area contributed by atoms with Crippen LogP contribution < -0.4 is 10.3 Å². The van der Waals surface area contributed by atoms with Crippen molar-refractivity contribution in [2.45, 2.75) is 6.92 Å². The summed E-state index contributed by atoms with van der Waals surface area (Å²) in [7, 11) is 0.